The normalized spacial score (nSPS) is 14.8. The molecule has 0 unspecified atom stereocenters. The van der Waals surface area contributed by atoms with Gasteiger partial charge in [-0.15, -0.1) is 24.0 Å². The van der Waals surface area contributed by atoms with Crippen LogP contribution in [0.1, 0.15) is 38.2 Å². The van der Waals surface area contributed by atoms with Crippen molar-refractivity contribution in [2.24, 2.45) is 10.9 Å². The number of piperidine rings is 1. The monoisotopic (exact) mass is 532 g/mol. The fraction of sp³-hybridized carbons (Fsp3) is 0.636. The highest BCUT2D eigenvalue weighted by Crippen LogP contribution is 2.21. The summed E-state index contributed by atoms with van der Waals surface area (Å²) in [7, 11) is 3.40. The number of aliphatic imine (C=N–C) groups is 1. The predicted molar refractivity (Wildman–Crippen MR) is 132 cm³/mol. The molecule has 1 aliphatic rings. The number of amides is 1. The number of halogens is 1. The number of ether oxygens (including phenoxy) is 2. The number of nitrogens with zero attached hydrogens (tertiary/aromatic N) is 2. The molecule has 1 aliphatic heterocycles. The minimum atomic E-state index is 0. The van der Waals surface area contributed by atoms with Crippen LogP contribution in [-0.4, -0.2) is 63.8 Å². The SMILES string of the molecule is CCNC(=NCc1cccc(OCCCOC)c1)N1CCC(CC(=O)NC)CC1.I. The van der Waals surface area contributed by atoms with Gasteiger partial charge in [0.2, 0.25) is 5.91 Å². The maximum absolute atomic E-state index is 11.6. The van der Waals surface area contributed by atoms with Gasteiger partial charge in [0.05, 0.1) is 13.2 Å². The van der Waals surface area contributed by atoms with E-state index in [9.17, 15) is 4.79 Å². The minimum Gasteiger partial charge on any atom is -0.493 e. The standard InChI is InChI=1S/C22H36N4O3.HI/c1-4-24-22(26-11-9-18(10-12-26)16-21(27)23-2)25-17-19-7-5-8-20(15-19)29-14-6-13-28-3;/h5,7-8,15,18H,4,6,9-14,16-17H2,1-3H3,(H,23,27)(H,24,25);1H. The van der Waals surface area contributed by atoms with Crippen molar-refractivity contribution in [1.29, 1.82) is 0 Å². The first-order valence-corrected chi connectivity index (χ1v) is 10.6. The highest BCUT2D eigenvalue weighted by Gasteiger charge is 2.23. The number of hydrogen-bond acceptors (Lipinski definition) is 4. The molecule has 2 N–H and O–H groups in total. The Hall–Kier alpha value is -1.55. The molecule has 1 aromatic rings. The molecule has 1 amide bonds. The first-order chi connectivity index (χ1) is 14.2. The average molecular weight is 532 g/mol. The van der Waals surface area contributed by atoms with Crippen LogP contribution in [0, 0.1) is 5.92 Å². The first kappa shape index (κ1) is 26.5. The average Bonchev–Trinajstić information content (AvgIpc) is 2.75. The van der Waals surface area contributed by atoms with E-state index in [1.807, 2.05) is 12.1 Å². The molecule has 1 saturated heterocycles. The second-order valence-corrected chi connectivity index (χ2v) is 7.32. The van der Waals surface area contributed by atoms with Gasteiger partial charge < -0.3 is 25.0 Å². The van der Waals surface area contributed by atoms with Gasteiger partial charge in [0.15, 0.2) is 5.96 Å². The zero-order valence-corrected chi connectivity index (χ0v) is 20.8. The third-order valence-corrected chi connectivity index (χ3v) is 5.07. The molecular weight excluding hydrogens is 495 g/mol. The van der Waals surface area contributed by atoms with Gasteiger partial charge in [-0.3, -0.25) is 4.79 Å². The quantitative estimate of drug-likeness (QED) is 0.210. The summed E-state index contributed by atoms with van der Waals surface area (Å²) in [6.45, 7) is 6.73. The van der Waals surface area contributed by atoms with Gasteiger partial charge in [0.1, 0.15) is 5.75 Å². The Balaban J connectivity index is 0.00000450. The van der Waals surface area contributed by atoms with E-state index < -0.39 is 0 Å². The fourth-order valence-electron chi connectivity index (χ4n) is 3.43. The lowest BCUT2D eigenvalue weighted by molar-refractivity contribution is -0.121. The van der Waals surface area contributed by atoms with E-state index in [1.165, 1.54) is 0 Å². The van der Waals surface area contributed by atoms with Gasteiger partial charge in [-0.2, -0.15) is 0 Å². The number of nitrogens with one attached hydrogen (secondary N) is 2. The Morgan fingerprint density at radius 1 is 1.27 bits per heavy atom. The van der Waals surface area contributed by atoms with Gasteiger partial charge in [-0.05, 0) is 43.4 Å². The number of rotatable bonds is 10. The van der Waals surface area contributed by atoms with Crippen LogP contribution >= 0.6 is 24.0 Å². The molecule has 1 fully saturated rings. The van der Waals surface area contributed by atoms with Crippen LogP contribution in [-0.2, 0) is 16.1 Å². The number of guanidine groups is 1. The van der Waals surface area contributed by atoms with Crippen LogP contribution in [0.25, 0.3) is 0 Å². The number of hydrogen-bond donors (Lipinski definition) is 2. The maximum atomic E-state index is 11.6. The highest BCUT2D eigenvalue weighted by molar-refractivity contribution is 14.0. The molecule has 7 nitrogen and oxygen atoms in total. The van der Waals surface area contributed by atoms with E-state index in [1.54, 1.807) is 14.2 Å². The van der Waals surface area contributed by atoms with Gasteiger partial charge in [-0.25, -0.2) is 4.99 Å². The molecule has 0 bridgehead atoms. The summed E-state index contributed by atoms with van der Waals surface area (Å²) in [5.74, 6) is 2.40. The predicted octanol–water partition coefficient (Wildman–Crippen LogP) is 3.03. The Bertz CT molecular complexity index is 649. The van der Waals surface area contributed by atoms with Gasteiger partial charge in [0.25, 0.3) is 0 Å². The number of likely N-dealkylation sites (tertiary alicyclic amines) is 1. The lowest BCUT2D eigenvalue weighted by atomic mass is 9.93. The van der Waals surface area contributed by atoms with E-state index in [4.69, 9.17) is 14.5 Å². The second kappa shape index (κ2) is 15.3. The Morgan fingerprint density at radius 2 is 2.03 bits per heavy atom. The van der Waals surface area contributed by atoms with Crippen LogP contribution in [0.2, 0.25) is 0 Å². The van der Waals surface area contributed by atoms with E-state index >= 15 is 0 Å². The Kier molecular flexibility index (Phi) is 13.5. The third kappa shape index (κ3) is 9.51. The maximum Gasteiger partial charge on any atom is 0.220 e. The zero-order valence-electron chi connectivity index (χ0n) is 18.5. The summed E-state index contributed by atoms with van der Waals surface area (Å²) in [4.78, 5) is 18.7. The molecule has 0 aliphatic carbocycles. The van der Waals surface area contributed by atoms with Gasteiger partial charge in [-0.1, -0.05) is 12.1 Å². The molecule has 2 rings (SSSR count). The molecule has 0 saturated carbocycles. The molecule has 1 heterocycles. The molecule has 1 aromatic carbocycles. The lowest BCUT2D eigenvalue weighted by Gasteiger charge is -2.34. The fourth-order valence-corrected chi connectivity index (χ4v) is 3.43. The van der Waals surface area contributed by atoms with E-state index in [0.717, 1.165) is 56.2 Å². The van der Waals surface area contributed by atoms with Crippen LogP contribution in [0.4, 0.5) is 0 Å². The first-order valence-electron chi connectivity index (χ1n) is 10.6. The van der Waals surface area contributed by atoms with Crippen molar-refractivity contribution in [2.45, 2.75) is 39.2 Å². The molecule has 8 heteroatoms. The van der Waals surface area contributed by atoms with Gasteiger partial charge in [0, 0.05) is 53.2 Å². The van der Waals surface area contributed by atoms with Crippen molar-refractivity contribution >= 4 is 35.8 Å². The number of carbonyl (C=O) groups excluding carboxylic acids is 1. The van der Waals surface area contributed by atoms with E-state index in [-0.39, 0.29) is 29.9 Å². The topological polar surface area (TPSA) is 75.2 Å². The third-order valence-electron chi connectivity index (χ3n) is 5.07. The molecule has 0 aromatic heterocycles. The summed E-state index contributed by atoms with van der Waals surface area (Å²) < 4.78 is 10.8. The summed E-state index contributed by atoms with van der Waals surface area (Å²) in [5.41, 5.74) is 1.12. The smallest absolute Gasteiger partial charge is 0.220 e. The summed E-state index contributed by atoms with van der Waals surface area (Å²) in [6.07, 6.45) is 3.53. The van der Waals surface area contributed by atoms with Crippen molar-refractivity contribution in [3.63, 3.8) is 0 Å². The lowest BCUT2D eigenvalue weighted by Crippen LogP contribution is -2.46. The number of carbonyl (C=O) groups is 1. The van der Waals surface area contributed by atoms with Crippen molar-refractivity contribution in [1.82, 2.24) is 15.5 Å². The van der Waals surface area contributed by atoms with Crippen LogP contribution in [0.15, 0.2) is 29.3 Å². The largest absolute Gasteiger partial charge is 0.493 e. The summed E-state index contributed by atoms with van der Waals surface area (Å²) >= 11 is 0. The van der Waals surface area contributed by atoms with Crippen molar-refractivity contribution in [3.05, 3.63) is 29.8 Å². The van der Waals surface area contributed by atoms with E-state index in [0.29, 0.717) is 32.1 Å². The molecule has 0 radical (unpaired) electrons. The Labute approximate surface area is 198 Å². The highest BCUT2D eigenvalue weighted by atomic mass is 127. The molecule has 30 heavy (non-hydrogen) atoms. The molecule has 170 valence electrons. The van der Waals surface area contributed by atoms with Crippen LogP contribution in [0.3, 0.4) is 0 Å². The van der Waals surface area contributed by atoms with Gasteiger partial charge >= 0.3 is 0 Å². The molecule has 0 spiro atoms. The summed E-state index contributed by atoms with van der Waals surface area (Å²) in [6, 6.07) is 8.11. The molecule has 0 atom stereocenters. The van der Waals surface area contributed by atoms with Crippen LogP contribution in [0.5, 0.6) is 5.75 Å². The zero-order chi connectivity index (χ0) is 20.9. The van der Waals surface area contributed by atoms with Crippen molar-refractivity contribution in [2.75, 3.05) is 47.0 Å². The van der Waals surface area contributed by atoms with Crippen LogP contribution < -0.4 is 15.4 Å². The van der Waals surface area contributed by atoms with Crippen molar-refractivity contribution in [3.8, 4) is 5.75 Å². The number of methoxy groups -OCH3 is 1. The Morgan fingerprint density at radius 3 is 2.70 bits per heavy atom. The second-order valence-electron chi connectivity index (χ2n) is 7.32. The summed E-state index contributed by atoms with van der Waals surface area (Å²) in [5, 5.41) is 6.13. The van der Waals surface area contributed by atoms with Crippen molar-refractivity contribution < 1.29 is 14.3 Å². The minimum absolute atomic E-state index is 0. The van der Waals surface area contributed by atoms with E-state index in [2.05, 4.69) is 34.6 Å². The molecular formula is C22H37IN4O3. The number of benzene rings is 1.